The van der Waals surface area contributed by atoms with Crippen molar-refractivity contribution in [2.45, 2.75) is 6.04 Å². The summed E-state index contributed by atoms with van der Waals surface area (Å²) in [6.45, 7) is 0.923. The number of ether oxygens (including phenoxy) is 1. The quantitative estimate of drug-likeness (QED) is 0.655. The Balaban J connectivity index is 2.15. The zero-order chi connectivity index (χ0) is 16.8. The van der Waals surface area contributed by atoms with E-state index in [1.165, 1.54) is 12.0 Å². The molecule has 1 saturated heterocycles. The van der Waals surface area contributed by atoms with Crippen molar-refractivity contribution < 1.29 is 19.1 Å². The van der Waals surface area contributed by atoms with Gasteiger partial charge >= 0.3 is 0 Å². The van der Waals surface area contributed by atoms with Gasteiger partial charge in [0, 0.05) is 20.2 Å². The van der Waals surface area contributed by atoms with Crippen molar-refractivity contribution >= 4 is 23.4 Å². The fraction of sp³-hybridized carbons (Fsp3) is 0.400. The number of carbonyl (C=O) groups is 3. The van der Waals surface area contributed by atoms with Gasteiger partial charge in [0.05, 0.1) is 24.4 Å². The highest BCUT2D eigenvalue weighted by Crippen LogP contribution is 2.18. The van der Waals surface area contributed by atoms with Crippen LogP contribution in [0.3, 0.4) is 0 Å². The number of nitrogens with zero attached hydrogens (tertiary/aromatic N) is 1. The van der Waals surface area contributed by atoms with Crippen molar-refractivity contribution in [1.29, 1.82) is 0 Å². The highest BCUT2D eigenvalue weighted by molar-refractivity contribution is 6.05. The topological polar surface area (TPSA) is 114 Å². The van der Waals surface area contributed by atoms with Gasteiger partial charge in [0.25, 0.3) is 5.91 Å². The molecule has 124 valence electrons. The molecular formula is C15H20N4O4. The molecule has 1 aliphatic heterocycles. The third-order valence-electron chi connectivity index (χ3n) is 3.42. The smallest absolute Gasteiger partial charge is 0.256 e. The number of nitrogens with one attached hydrogen (secondary N) is 2. The van der Waals surface area contributed by atoms with Crippen LogP contribution in [0.4, 0.5) is 5.69 Å². The Morgan fingerprint density at radius 1 is 1.43 bits per heavy atom. The second-order valence-electron chi connectivity index (χ2n) is 5.17. The van der Waals surface area contributed by atoms with Gasteiger partial charge < -0.3 is 26.0 Å². The summed E-state index contributed by atoms with van der Waals surface area (Å²) >= 11 is 0. The number of anilines is 1. The largest absolute Gasteiger partial charge is 0.383 e. The van der Waals surface area contributed by atoms with E-state index in [2.05, 4.69) is 10.6 Å². The zero-order valence-electron chi connectivity index (χ0n) is 12.9. The minimum absolute atomic E-state index is 0.00427. The molecule has 2 rings (SSSR count). The summed E-state index contributed by atoms with van der Waals surface area (Å²) in [7, 11) is 1.45. The van der Waals surface area contributed by atoms with Crippen LogP contribution in [-0.4, -0.2) is 62.0 Å². The lowest BCUT2D eigenvalue weighted by molar-refractivity contribution is -0.123. The number of para-hydroxylation sites is 1. The average molecular weight is 320 g/mol. The van der Waals surface area contributed by atoms with Gasteiger partial charge in [-0.2, -0.15) is 0 Å². The molecule has 8 heteroatoms. The first-order valence-corrected chi connectivity index (χ1v) is 7.23. The molecule has 23 heavy (non-hydrogen) atoms. The number of nitrogens with two attached hydrogens (primary N) is 1. The molecule has 0 aliphatic carbocycles. The van der Waals surface area contributed by atoms with E-state index in [0.29, 0.717) is 24.3 Å². The van der Waals surface area contributed by atoms with Crippen molar-refractivity contribution in [3.8, 4) is 0 Å². The molecule has 1 aromatic carbocycles. The van der Waals surface area contributed by atoms with Crippen LogP contribution in [0, 0.1) is 0 Å². The van der Waals surface area contributed by atoms with Gasteiger partial charge in [-0.25, -0.2) is 0 Å². The van der Waals surface area contributed by atoms with Crippen molar-refractivity contribution in [2.24, 2.45) is 5.73 Å². The summed E-state index contributed by atoms with van der Waals surface area (Å²) in [5.41, 5.74) is 6.36. The van der Waals surface area contributed by atoms with Crippen LogP contribution in [0.1, 0.15) is 10.4 Å². The van der Waals surface area contributed by atoms with Crippen LogP contribution in [0.15, 0.2) is 24.3 Å². The second-order valence-corrected chi connectivity index (χ2v) is 5.17. The molecule has 1 aromatic rings. The predicted molar refractivity (Wildman–Crippen MR) is 83.8 cm³/mol. The van der Waals surface area contributed by atoms with Gasteiger partial charge in [-0.3, -0.25) is 14.4 Å². The Morgan fingerprint density at radius 2 is 2.17 bits per heavy atom. The Labute approximate surface area is 134 Å². The summed E-state index contributed by atoms with van der Waals surface area (Å²) < 4.78 is 4.84. The SMILES string of the molecule is COC[C@H](N)C(=O)Nc1ccccc1C(=O)N1CCNC(=O)C1. The van der Waals surface area contributed by atoms with Crippen molar-refractivity contribution in [2.75, 3.05) is 38.7 Å². The van der Waals surface area contributed by atoms with Crippen LogP contribution < -0.4 is 16.4 Å². The number of benzene rings is 1. The van der Waals surface area contributed by atoms with E-state index in [-0.39, 0.29) is 25.0 Å². The Hall–Kier alpha value is -2.45. The molecule has 0 saturated carbocycles. The molecule has 1 fully saturated rings. The van der Waals surface area contributed by atoms with E-state index in [4.69, 9.17) is 10.5 Å². The lowest BCUT2D eigenvalue weighted by Crippen LogP contribution is -2.50. The van der Waals surface area contributed by atoms with Crippen LogP contribution >= 0.6 is 0 Å². The number of rotatable bonds is 5. The van der Waals surface area contributed by atoms with Crippen molar-refractivity contribution in [1.82, 2.24) is 10.2 Å². The zero-order valence-corrected chi connectivity index (χ0v) is 12.9. The molecule has 1 aliphatic rings. The van der Waals surface area contributed by atoms with Crippen molar-refractivity contribution in [3.05, 3.63) is 29.8 Å². The highest BCUT2D eigenvalue weighted by Gasteiger charge is 2.25. The minimum Gasteiger partial charge on any atom is -0.383 e. The second kappa shape index (κ2) is 7.70. The molecule has 0 radical (unpaired) electrons. The molecule has 3 amide bonds. The van der Waals surface area contributed by atoms with Gasteiger partial charge in [-0.05, 0) is 12.1 Å². The Bertz CT molecular complexity index is 605. The number of methoxy groups -OCH3 is 1. The lowest BCUT2D eigenvalue weighted by Gasteiger charge is -2.27. The normalized spacial score (nSPS) is 15.7. The maximum atomic E-state index is 12.6. The predicted octanol–water partition coefficient (Wildman–Crippen LogP) is -0.829. The molecular weight excluding hydrogens is 300 g/mol. The maximum Gasteiger partial charge on any atom is 0.256 e. The number of piperazine rings is 1. The first-order valence-electron chi connectivity index (χ1n) is 7.23. The van der Waals surface area contributed by atoms with Gasteiger partial charge in [0.1, 0.15) is 6.04 Å². The van der Waals surface area contributed by atoms with Crippen LogP contribution in [-0.2, 0) is 14.3 Å². The molecule has 0 aromatic heterocycles. The third kappa shape index (κ3) is 4.27. The van der Waals surface area contributed by atoms with E-state index in [0.717, 1.165) is 0 Å². The monoisotopic (exact) mass is 320 g/mol. The van der Waals surface area contributed by atoms with E-state index < -0.39 is 11.9 Å². The Kier molecular flexibility index (Phi) is 5.67. The van der Waals surface area contributed by atoms with Crippen LogP contribution in [0.25, 0.3) is 0 Å². The average Bonchev–Trinajstić information content (AvgIpc) is 2.55. The van der Waals surface area contributed by atoms with Gasteiger partial charge in [0.2, 0.25) is 11.8 Å². The number of hydrogen-bond donors (Lipinski definition) is 3. The fourth-order valence-electron chi connectivity index (χ4n) is 2.24. The van der Waals surface area contributed by atoms with E-state index in [1.807, 2.05) is 0 Å². The minimum atomic E-state index is -0.830. The first-order chi connectivity index (χ1) is 11.0. The molecule has 1 heterocycles. The van der Waals surface area contributed by atoms with Crippen LogP contribution in [0.2, 0.25) is 0 Å². The number of hydrogen-bond acceptors (Lipinski definition) is 5. The number of carbonyl (C=O) groups excluding carboxylic acids is 3. The first kappa shape index (κ1) is 16.9. The summed E-state index contributed by atoms with van der Waals surface area (Å²) in [6, 6.07) is 5.80. The molecule has 0 spiro atoms. The van der Waals surface area contributed by atoms with E-state index in [9.17, 15) is 14.4 Å². The lowest BCUT2D eigenvalue weighted by atomic mass is 10.1. The summed E-state index contributed by atoms with van der Waals surface area (Å²) in [5.74, 6) is -0.951. The van der Waals surface area contributed by atoms with Gasteiger partial charge in [-0.15, -0.1) is 0 Å². The molecule has 4 N–H and O–H groups in total. The molecule has 1 atom stereocenters. The van der Waals surface area contributed by atoms with E-state index in [1.54, 1.807) is 24.3 Å². The summed E-state index contributed by atoms with van der Waals surface area (Å²) in [6.07, 6.45) is 0. The highest BCUT2D eigenvalue weighted by atomic mass is 16.5. The maximum absolute atomic E-state index is 12.6. The molecule has 0 bridgehead atoms. The van der Waals surface area contributed by atoms with Gasteiger partial charge in [0.15, 0.2) is 0 Å². The van der Waals surface area contributed by atoms with E-state index >= 15 is 0 Å². The fourth-order valence-corrected chi connectivity index (χ4v) is 2.24. The summed E-state index contributed by atoms with van der Waals surface area (Å²) in [5, 5.41) is 5.30. The molecule has 0 unspecified atom stereocenters. The summed E-state index contributed by atoms with van der Waals surface area (Å²) in [4.78, 5) is 37.5. The van der Waals surface area contributed by atoms with Gasteiger partial charge in [-0.1, -0.05) is 12.1 Å². The third-order valence-corrected chi connectivity index (χ3v) is 3.42. The van der Waals surface area contributed by atoms with Crippen molar-refractivity contribution in [3.63, 3.8) is 0 Å². The Morgan fingerprint density at radius 3 is 2.87 bits per heavy atom. The van der Waals surface area contributed by atoms with Crippen LogP contribution in [0.5, 0.6) is 0 Å². The molecule has 8 nitrogen and oxygen atoms in total. The standard InChI is InChI=1S/C15H20N4O4/c1-23-9-11(16)14(21)18-12-5-3-2-4-10(12)15(22)19-7-6-17-13(20)8-19/h2-5,11H,6-9,16H2,1H3,(H,17,20)(H,18,21)/t11-/m0/s1. The number of amides is 3.